The van der Waals surface area contributed by atoms with E-state index in [0.717, 1.165) is 17.5 Å². The number of ether oxygens (including phenoxy) is 1. The number of rotatable bonds is 8. The predicted octanol–water partition coefficient (Wildman–Crippen LogP) is 7.55. The second-order valence-electron chi connectivity index (χ2n) is 10.6. The van der Waals surface area contributed by atoms with Crippen molar-refractivity contribution in [2.24, 2.45) is 0 Å². The van der Waals surface area contributed by atoms with Crippen LogP contribution in [0.4, 0.5) is 23.7 Å². The maximum absolute atomic E-state index is 13.5. The van der Waals surface area contributed by atoms with Crippen molar-refractivity contribution >= 4 is 33.6 Å². The molecule has 0 aliphatic rings. The quantitative estimate of drug-likeness (QED) is 0.130. The standard InChI is InChI=1S/C35H28F3N3O5/c1-45-28-13-7-5-11-26(28)41-34(44)39-19-18-23-22-8-2-4-10-25(22)40-31(23)29(20-14-16-21(17-15-20)35(36,37)38)30-32(42)24-9-3-6-12-27(24)46-33(30)43/h2-17,29,40,42H,18-19H2,1H3,(H2,39,41,44). The smallest absolute Gasteiger partial charge is 0.416 e. The van der Waals surface area contributed by atoms with E-state index >= 15 is 0 Å². The Balaban J connectivity index is 1.43. The lowest BCUT2D eigenvalue weighted by molar-refractivity contribution is -0.137. The fourth-order valence-electron chi connectivity index (χ4n) is 5.70. The Kier molecular flexibility index (Phi) is 8.14. The van der Waals surface area contributed by atoms with Crippen molar-refractivity contribution in [2.45, 2.75) is 18.5 Å². The number of benzene rings is 4. The van der Waals surface area contributed by atoms with Gasteiger partial charge in [-0.2, -0.15) is 13.2 Å². The van der Waals surface area contributed by atoms with Crippen molar-refractivity contribution in [3.05, 3.63) is 135 Å². The second-order valence-corrected chi connectivity index (χ2v) is 10.6. The lowest BCUT2D eigenvalue weighted by atomic mass is 9.85. The van der Waals surface area contributed by atoms with Gasteiger partial charge in [-0.05, 0) is 60.0 Å². The average molecular weight is 628 g/mol. The van der Waals surface area contributed by atoms with Gasteiger partial charge in [0.25, 0.3) is 0 Å². The largest absolute Gasteiger partial charge is 0.507 e. The molecule has 4 N–H and O–H groups in total. The molecule has 1 unspecified atom stereocenters. The molecular weight excluding hydrogens is 599 g/mol. The maximum Gasteiger partial charge on any atom is 0.416 e. The van der Waals surface area contributed by atoms with E-state index in [0.29, 0.717) is 33.8 Å². The molecule has 0 aliphatic carbocycles. The fourth-order valence-corrected chi connectivity index (χ4v) is 5.70. The van der Waals surface area contributed by atoms with Gasteiger partial charge in [-0.1, -0.05) is 54.6 Å². The minimum atomic E-state index is -4.57. The van der Waals surface area contributed by atoms with Gasteiger partial charge in [-0.25, -0.2) is 9.59 Å². The number of methoxy groups -OCH3 is 1. The first-order valence-corrected chi connectivity index (χ1v) is 14.3. The molecule has 4 aromatic carbocycles. The molecule has 46 heavy (non-hydrogen) atoms. The van der Waals surface area contributed by atoms with Crippen LogP contribution < -0.4 is 21.0 Å². The molecular formula is C35H28F3N3O5. The minimum Gasteiger partial charge on any atom is -0.507 e. The highest BCUT2D eigenvalue weighted by Gasteiger charge is 2.33. The number of alkyl halides is 3. The third kappa shape index (κ3) is 5.86. The van der Waals surface area contributed by atoms with Gasteiger partial charge in [-0.3, -0.25) is 0 Å². The number of hydrogen-bond donors (Lipinski definition) is 4. The van der Waals surface area contributed by atoms with E-state index in [1.807, 2.05) is 24.3 Å². The van der Waals surface area contributed by atoms with E-state index in [1.165, 1.54) is 19.2 Å². The van der Waals surface area contributed by atoms with Crippen molar-refractivity contribution in [2.75, 3.05) is 19.0 Å². The van der Waals surface area contributed by atoms with Crippen LogP contribution in [0.15, 0.2) is 106 Å². The topological polar surface area (TPSA) is 117 Å². The highest BCUT2D eigenvalue weighted by Crippen LogP contribution is 2.42. The van der Waals surface area contributed by atoms with Gasteiger partial charge in [-0.15, -0.1) is 0 Å². The molecule has 0 fully saturated rings. The predicted molar refractivity (Wildman–Crippen MR) is 169 cm³/mol. The van der Waals surface area contributed by atoms with Crippen molar-refractivity contribution in [3.63, 3.8) is 0 Å². The van der Waals surface area contributed by atoms with Crippen LogP contribution in [0.1, 0.15) is 33.9 Å². The lowest BCUT2D eigenvalue weighted by Gasteiger charge is -2.21. The van der Waals surface area contributed by atoms with E-state index in [-0.39, 0.29) is 35.2 Å². The average Bonchev–Trinajstić information content (AvgIpc) is 3.40. The number of amides is 2. The number of aromatic hydroxyl groups is 1. The Morgan fingerprint density at radius 1 is 0.935 bits per heavy atom. The number of H-pyrrole nitrogens is 1. The second kappa shape index (κ2) is 12.4. The molecule has 0 spiro atoms. The lowest BCUT2D eigenvalue weighted by Crippen LogP contribution is -2.30. The number of carbonyl (C=O) groups excluding carboxylic acids is 1. The fraction of sp³-hybridized carbons (Fsp3) is 0.143. The van der Waals surface area contributed by atoms with Crippen LogP contribution in [-0.4, -0.2) is 29.8 Å². The van der Waals surface area contributed by atoms with E-state index in [1.54, 1.807) is 48.5 Å². The van der Waals surface area contributed by atoms with Gasteiger partial charge in [0.05, 0.1) is 35.2 Å². The Bertz CT molecular complexity index is 2100. The Morgan fingerprint density at radius 2 is 1.61 bits per heavy atom. The molecule has 0 aliphatic heterocycles. The zero-order valence-electron chi connectivity index (χ0n) is 24.4. The zero-order valence-corrected chi connectivity index (χ0v) is 24.4. The molecule has 234 valence electrons. The third-order valence-electron chi connectivity index (χ3n) is 7.83. The number of halogens is 3. The minimum absolute atomic E-state index is 0.131. The summed E-state index contributed by atoms with van der Waals surface area (Å²) < 4.78 is 51.4. The summed E-state index contributed by atoms with van der Waals surface area (Å²) in [6.45, 7) is 0.161. The summed E-state index contributed by atoms with van der Waals surface area (Å²) in [4.78, 5) is 29.7. The van der Waals surface area contributed by atoms with Crippen LogP contribution in [0.2, 0.25) is 0 Å². The van der Waals surface area contributed by atoms with Crippen molar-refractivity contribution in [1.29, 1.82) is 0 Å². The van der Waals surface area contributed by atoms with E-state index in [2.05, 4.69) is 15.6 Å². The first kappa shape index (κ1) is 30.3. The number of fused-ring (bicyclic) bond motifs is 2. The Morgan fingerprint density at radius 3 is 2.35 bits per heavy atom. The van der Waals surface area contributed by atoms with Crippen molar-refractivity contribution in [3.8, 4) is 11.5 Å². The maximum atomic E-state index is 13.5. The molecule has 1 atom stereocenters. The summed E-state index contributed by atoms with van der Waals surface area (Å²) in [5.41, 5.74) is 1.02. The molecule has 11 heteroatoms. The summed E-state index contributed by atoms with van der Waals surface area (Å²) in [5.74, 6) is -0.895. The molecule has 0 bridgehead atoms. The van der Waals surface area contributed by atoms with E-state index in [4.69, 9.17) is 9.15 Å². The third-order valence-corrected chi connectivity index (χ3v) is 7.83. The van der Waals surface area contributed by atoms with Crippen LogP contribution >= 0.6 is 0 Å². The first-order valence-electron chi connectivity index (χ1n) is 14.3. The number of aromatic amines is 1. The molecule has 2 aromatic heterocycles. The van der Waals surface area contributed by atoms with Gasteiger partial charge >= 0.3 is 17.8 Å². The molecule has 6 rings (SSSR count). The first-order chi connectivity index (χ1) is 22.2. The van der Waals surface area contributed by atoms with Gasteiger partial charge in [0.1, 0.15) is 17.1 Å². The Labute approximate surface area is 260 Å². The van der Waals surface area contributed by atoms with Crippen LogP contribution in [0, 0.1) is 0 Å². The van der Waals surface area contributed by atoms with Crippen LogP contribution in [0.5, 0.6) is 11.5 Å². The normalized spacial score (nSPS) is 12.3. The van der Waals surface area contributed by atoms with E-state index in [9.17, 15) is 27.9 Å². The molecule has 8 nitrogen and oxygen atoms in total. The van der Waals surface area contributed by atoms with E-state index < -0.39 is 29.3 Å². The van der Waals surface area contributed by atoms with Crippen molar-refractivity contribution in [1.82, 2.24) is 10.3 Å². The van der Waals surface area contributed by atoms with Crippen LogP contribution in [0.3, 0.4) is 0 Å². The molecule has 2 amide bonds. The number of aromatic nitrogens is 1. The molecule has 0 saturated heterocycles. The summed E-state index contributed by atoms with van der Waals surface area (Å²) in [5, 5.41) is 18.1. The monoisotopic (exact) mass is 627 g/mol. The highest BCUT2D eigenvalue weighted by molar-refractivity contribution is 5.91. The summed E-state index contributed by atoms with van der Waals surface area (Å²) in [6, 6.07) is 24.8. The number of nitrogens with one attached hydrogen (secondary N) is 3. The number of para-hydroxylation sites is 4. The number of anilines is 1. The van der Waals surface area contributed by atoms with Gasteiger partial charge in [0, 0.05) is 23.1 Å². The summed E-state index contributed by atoms with van der Waals surface area (Å²) >= 11 is 0. The number of hydrogen-bond acceptors (Lipinski definition) is 5. The van der Waals surface area contributed by atoms with Crippen LogP contribution in [0.25, 0.3) is 21.9 Å². The summed E-state index contributed by atoms with van der Waals surface area (Å²) in [7, 11) is 1.50. The number of carbonyl (C=O) groups is 1. The Hall–Kier alpha value is -5.71. The van der Waals surface area contributed by atoms with Gasteiger partial charge in [0.15, 0.2) is 0 Å². The van der Waals surface area contributed by atoms with Crippen molar-refractivity contribution < 1.29 is 32.2 Å². The summed E-state index contributed by atoms with van der Waals surface area (Å²) in [6.07, 6.45) is -4.30. The zero-order chi connectivity index (χ0) is 32.4. The highest BCUT2D eigenvalue weighted by atomic mass is 19.4. The van der Waals surface area contributed by atoms with Crippen LogP contribution in [-0.2, 0) is 12.6 Å². The number of urea groups is 1. The van der Waals surface area contributed by atoms with Gasteiger partial charge in [0.2, 0.25) is 0 Å². The van der Waals surface area contributed by atoms with Gasteiger partial charge < -0.3 is 29.9 Å². The molecule has 0 saturated carbocycles. The molecule has 6 aromatic rings. The SMILES string of the molecule is COc1ccccc1NC(=O)NCCc1c(C(c2ccc(C(F)(F)F)cc2)c2c(O)c3ccccc3oc2=O)[nH]c2ccccc12. The molecule has 2 heterocycles. The molecule has 0 radical (unpaired) electrons.